The second kappa shape index (κ2) is 6.55. The molecular formula is C14H17NO4S. The van der Waals surface area contributed by atoms with E-state index in [2.05, 4.69) is 10.6 Å². The van der Waals surface area contributed by atoms with Crippen molar-refractivity contribution in [1.82, 2.24) is 4.72 Å². The Kier molecular flexibility index (Phi) is 5.31. The smallest absolute Gasteiger partial charge is 0.335 e. The van der Waals surface area contributed by atoms with E-state index in [0.717, 1.165) is 12.5 Å². The lowest BCUT2D eigenvalue weighted by Gasteiger charge is -2.14. The summed E-state index contributed by atoms with van der Waals surface area (Å²) in [4.78, 5) is 10.9. The summed E-state index contributed by atoms with van der Waals surface area (Å²) in [5, 5.41) is 8.93. The number of sulfonamides is 1. The predicted octanol–water partition coefficient (Wildman–Crippen LogP) is 1.77. The van der Waals surface area contributed by atoms with E-state index in [4.69, 9.17) is 11.5 Å². The van der Waals surface area contributed by atoms with Crippen LogP contribution in [0.3, 0.4) is 0 Å². The number of aryl methyl sites for hydroxylation is 1. The second-order valence-electron chi connectivity index (χ2n) is 4.41. The lowest BCUT2D eigenvalue weighted by Crippen LogP contribution is -2.34. The maximum atomic E-state index is 12.3. The number of carbonyl (C=O) groups is 1. The molecule has 0 saturated heterocycles. The van der Waals surface area contributed by atoms with Crippen LogP contribution in [0.1, 0.15) is 35.7 Å². The molecule has 0 amide bonds. The molecule has 20 heavy (non-hydrogen) atoms. The van der Waals surface area contributed by atoms with Gasteiger partial charge in [0.2, 0.25) is 10.0 Å². The van der Waals surface area contributed by atoms with Crippen molar-refractivity contribution < 1.29 is 18.3 Å². The molecule has 6 heteroatoms. The van der Waals surface area contributed by atoms with E-state index in [-0.39, 0.29) is 10.5 Å². The van der Waals surface area contributed by atoms with Crippen molar-refractivity contribution >= 4 is 16.0 Å². The minimum absolute atomic E-state index is 0.0613. The van der Waals surface area contributed by atoms with Gasteiger partial charge in [-0.05, 0) is 31.0 Å². The zero-order chi connectivity index (χ0) is 15.3. The van der Waals surface area contributed by atoms with Crippen LogP contribution in [-0.4, -0.2) is 25.5 Å². The Morgan fingerprint density at radius 2 is 2.15 bits per heavy atom. The van der Waals surface area contributed by atoms with Crippen LogP contribution in [0.2, 0.25) is 0 Å². The lowest BCUT2D eigenvalue weighted by atomic mass is 10.1. The van der Waals surface area contributed by atoms with Gasteiger partial charge in [-0.25, -0.2) is 13.2 Å². The van der Waals surface area contributed by atoms with Gasteiger partial charge in [-0.2, -0.15) is 4.72 Å². The van der Waals surface area contributed by atoms with Gasteiger partial charge in [0.05, 0.1) is 16.5 Å². The minimum Gasteiger partial charge on any atom is -0.478 e. The van der Waals surface area contributed by atoms with Crippen LogP contribution in [0, 0.1) is 19.3 Å². The summed E-state index contributed by atoms with van der Waals surface area (Å²) >= 11 is 0. The number of hydrogen-bond acceptors (Lipinski definition) is 3. The summed E-state index contributed by atoms with van der Waals surface area (Å²) in [5.41, 5.74) is 0.387. The zero-order valence-corrected chi connectivity index (χ0v) is 12.2. The molecule has 1 aromatic rings. The van der Waals surface area contributed by atoms with Gasteiger partial charge < -0.3 is 5.11 Å². The summed E-state index contributed by atoms with van der Waals surface area (Å²) in [6.07, 6.45) is 6.55. The SMILES string of the molecule is C#CC(CCC)NS(=O)(=O)c1cc(C(=O)O)ccc1C. The summed E-state index contributed by atoms with van der Waals surface area (Å²) in [6, 6.07) is 3.36. The number of terminal acetylenes is 1. The lowest BCUT2D eigenvalue weighted by molar-refractivity contribution is 0.0696. The molecule has 0 aliphatic rings. The van der Waals surface area contributed by atoms with Gasteiger partial charge in [-0.15, -0.1) is 6.42 Å². The summed E-state index contributed by atoms with van der Waals surface area (Å²) in [5.74, 6) is 1.20. The van der Waals surface area contributed by atoms with Gasteiger partial charge in [-0.3, -0.25) is 0 Å². The van der Waals surface area contributed by atoms with Gasteiger partial charge in [-0.1, -0.05) is 25.3 Å². The van der Waals surface area contributed by atoms with E-state index in [1.807, 2.05) is 6.92 Å². The van der Waals surface area contributed by atoms with Crippen LogP contribution in [0.25, 0.3) is 0 Å². The summed E-state index contributed by atoms with van der Waals surface area (Å²) < 4.78 is 27.0. The first-order chi connectivity index (χ1) is 9.31. The van der Waals surface area contributed by atoms with E-state index in [1.165, 1.54) is 12.1 Å². The standard InChI is InChI=1S/C14H17NO4S/c1-4-6-12(5-2)15-20(18,19)13-9-11(14(16)17)8-7-10(13)3/h2,7-9,12,15H,4,6H2,1,3H3,(H,16,17). The number of hydrogen-bond donors (Lipinski definition) is 2. The Morgan fingerprint density at radius 1 is 1.50 bits per heavy atom. The third kappa shape index (κ3) is 3.83. The monoisotopic (exact) mass is 295 g/mol. The Morgan fingerprint density at radius 3 is 2.65 bits per heavy atom. The van der Waals surface area contributed by atoms with E-state index >= 15 is 0 Å². The molecule has 0 aromatic heterocycles. The third-order valence-electron chi connectivity index (χ3n) is 2.80. The van der Waals surface area contributed by atoms with Gasteiger partial charge in [0.1, 0.15) is 0 Å². The quantitative estimate of drug-likeness (QED) is 0.783. The normalized spacial score (nSPS) is 12.7. The summed E-state index contributed by atoms with van der Waals surface area (Å²) in [7, 11) is -3.84. The van der Waals surface area contributed by atoms with Crippen molar-refractivity contribution in [3.05, 3.63) is 29.3 Å². The van der Waals surface area contributed by atoms with E-state index in [0.29, 0.717) is 12.0 Å². The fraction of sp³-hybridized carbons (Fsp3) is 0.357. The van der Waals surface area contributed by atoms with Crippen molar-refractivity contribution in [2.75, 3.05) is 0 Å². The van der Waals surface area contributed by atoms with Crippen LogP contribution < -0.4 is 4.72 Å². The summed E-state index contributed by atoms with van der Waals surface area (Å²) in [6.45, 7) is 3.50. The van der Waals surface area contributed by atoms with Gasteiger partial charge in [0.15, 0.2) is 0 Å². The Balaban J connectivity index is 3.18. The molecule has 0 saturated carbocycles. The average molecular weight is 295 g/mol. The first-order valence-electron chi connectivity index (χ1n) is 6.14. The Bertz CT molecular complexity index is 644. The fourth-order valence-corrected chi connectivity index (χ4v) is 3.20. The molecule has 1 rings (SSSR count). The highest BCUT2D eigenvalue weighted by atomic mass is 32.2. The maximum absolute atomic E-state index is 12.3. The van der Waals surface area contributed by atoms with Crippen LogP contribution in [0.5, 0.6) is 0 Å². The maximum Gasteiger partial charge on any atom is 0.335 e. The number of nitrogens with one attached hydrogen (secondary N) is 1. The van der Waals surface area contributed by atoms with Gasteiger partial charge in [0.25, 0.3) is 0 Å². The molecule has 1 aromatic carbocycles. The number of aromatic carboxylic acids is 1. The largest absolute Gasteiger partial charge is 0.478 e. The minimum atomic E-state index is -3.84. The van der Waals surface area contributed by atoms with E-state index < -0.39 is 22.0 Å². The van der Waals surface area contributed by atoms with Crippen LogP contribution in [0.4, 0.5) is 0 Å². The highest BCUT2D eigenvalue weighted by Crippen LogP contribution is 2.18. The van der Waals surface area contributed by atoms with E-state index in [9.17, 15) is 13.2 Å². The molecule has 1 unspecified atom stereocenters. The van der Waals surface area contributed by atoms with Crippen molar-refractivity contribution in [3.8, 4) is 12.3 Å². The van der Waals surface area contributed by atoms with Crippen molar-refractivity contribution in [2.24, 2.45) is 0 Å². The third-order valence-corrected chi connectivity index (χ3v) is 4.41. The topological polar surface area (TPSA) is 83.5 Å². The highest BCUT2D eigenvalue weighted by Gasteiger charge is 2.21. The average Bonchev–Trinajstić information content (AvgIpc) is 2.37. The Labute approximate surface area is 119 Å². The molecule has 0 bridgehead atoms. The molecule has 1 atom stereocenters. The first-order valence-corrected chi connectivity index (χ1v) is 7.62. The van der Waals surface area contributed by atoms with Crippen molar-refractivity contribution in [2.45, 2.75) is 37.6 Å². The molecule has 108 valence electrons. The van der Waals surface area contributed by atoms with E-state index in [1.54, 1.807) is 6.92 Å². The number of rotatable bonds is 6. The molecule has 0 aliphatic heterocycles. The molecular weight excluding hydrogens is 278 g/mol. The van der Waals surface area contributed by atoms with Crippen molar-refractivity contribution in [1.29, 1.82) is 0 Å². The zero-order valence-electron chi connectivity index (χ0n) is 11.4. The molecule has 0 spiro atoms. The second-order valence-corrected chi connectivity index (χ2v) is 6.10. The molecule has 0 aliphatic carbocycles. The predicted molar refractivity (Wildman–Crippen MR) is 76.0 cm³/mol. The first kappa shape index (κ1) is 16.2. The molecule has 0 radical (unpaired) electrons. The van der Waals surface area contributed by atoms with Crippen LogP contribution >= 0.6 is 0 Å². The van der Waals surface area contributed by atoms with Crippen LogP contribution in [0.15, 0.2) is 23.1 Å². The number of carboxylic acid groups (broad SMARTS) is 1. The molecule has 0 fully saturated rings. The molecule has 0 heterocycles. The fourth-order valence-electron chi connectivity index (χ4n) is 1.74. The number of carboxylic acids is 1. The van der Waals surface area contributed by atoms with Gasteiger partial charge in [0, 0.05) is 0 Å². The van der Waals surface area contributed by atoms with Gasteiger partial charge >= 0.3 is 5.97 Å². The number of benzene rings is 1. The highest BCUT2D eigenvalue weighted by molar-refractivity contribution is 7.89. The van der Waals surface area contributed by atoms with Crippen molar-refractivity contribution in [3.63, 3.8) is 0 Å². The molecule has 5 nitrogen and oxygen atoms in total. The molecule has 2 N–H and O–H groups in total. The Hall–Kier alpha value is -1.84. The van der Waals surface area contributed by atoms with Crippen LogP contribution in [-0.2, 0) is 10.0 Å².